The van der Waals surface area contributed by atoms with E-state index in [9.17, 15) is 9.90 Å². The molecule has 0 saturated carbocycles. The van der Waals surface area contributed by atoms with Crippen LogP contribution in [-0.2, 0) is 4.79 Å². The lowest BCUT2D eigenvalue weighted by Gasteiger charge is -2.10. The Labute approximate surface area is 140 Å². The molecule has 0 bridgehead atoms. The van der Waals surface area contributed by atoms with E-state index in [0.29, 0.717) is 18.0 Å². The number of aryl methyl sites for hydroxylation is 2. The van der Waals surface area contributed by atoms with E-state index >= 15 is 0 Å². The summed E-state index contributed by atoms with van der Waals surface area (Å²) < 4.78 is 5.81. The number of oxazole rings is 1. The van der Waals surface area contributed by atoms with Gasteiger partial charge in [-0.2, -0.15) is 4.98 Å². The van der Waals surface area contributed by atoms with Gasteiger partial charge in [-0.15, -0.1) is 0 Å². The van der Waals surface area contributed by atoms with Crippen LogP contribution in [0, 0.1) is 13.8 Å². The molecular formula is C19H20N2O3. The number of hydrogen-bond acceptors (Lipinski definition) is 4. The number of carboxylic acids is 1. The van der Waals surface area contributed by atoms with Crippen LogP contribution >= 0.6 is 0 Å². The van der Waals surface area contributed by atoms with Crippen LogP contribution in [0.4, 0.5) is 11.7 Å². The average molecular weight is 324 g/mol. The molecule has 1 unspecified atom stereocenters. The number of carbonyl (C=O) groups is 1. The van der Waals surface area contributed by atoms with Gasteiger partial charge in [0.05, 0.1) is 5.92 Å². The molecule has 0 aliphatic rings. The lowest BCUT2D eigenvalue weighted by atomic mass is 9.95. The van der Waals surface area contributed by atoms with Crippen LogP contribution in [0.25, 0.3) is 11.1 Å². The maximum Gasteiger partial charge on any atom is 0.310 e. The van der Waals surface area contributed by atoms with Crippen molar-refractivity contribution in [3.63, 3.8) is 0 Å². The molecule has 2 N–H and O–H groups in total. The van der Waals surface area contributed by atoms with E-state index in [1.807, 2.05) is 51.1 Å². The Balaban J connectivity index is 2.00. The maximum atomic E-state index is 11.4. The van der Waals surface area contributed by atoms with Crippen molar-refractivity contribution >= 4 is 28.8 Å². The van der Waals surface area contributed by atoms with Gasteiger partial charge in [0.25, 0.3) is 6.01 Å². The summed E-state index contributed by atoms with van der Waals surface area (Å²) in [5, 5.41) is 12.5. The number of anilines is 2. The molecule has 0 amide bonds. The van der Waals surface area contributed by atoms with Crippen molar-refractivity contribution in [3.8, 4) is 0 Å². The predicted molar refractivity (Wildman–Crippen MR) is 93.9 cm³/mol. The van der Waals surface area contributed by atoms with E-state index in [4.69, 9.17) is 4.42 Å². The van der Waals surface area contributed by atoms with Gasteiger partial charge in [0, 0.05) is 5.69 Å². The minimum Gasteiger partial charge on any atom is -0.481 e. The molecule has 0 aliphatic carbocycles. The van der Waals surface area contributed by atoms with Crippen molar-refractivity contribution in [1.82, 2.24) is 4.98 Å². The van der Waals surface area contributed by atoms with Gasteiger partial charge in [0.1, 0.15) is 5.52 Å². The third-order valence-corrected chi connectivity index (χ3v) is 4.20. The second-order valence-electron chi connectivity index (χ2n) is 5.94. The van der Waals surface area contributed by atoms with Crippen LogP contribution in [-0.4, -0.2) is 16.1 Å². The molecular weight excluding hydrogens is 304 g/mol. The van der Waals surface area contributed by atoms with Gasteiger partial charge in [0.15, 0.2) is 5.58 Å². The highest BCUT2D eigenvalue weighted by Crippen LogP contribution is 2.30. The molecule has 1 aromatic heterocycles. The number of fused-ring (bicyclic) bond motifs is 1. The van der Waals surface area contributed by atoms with Crippen molar-refractivity contribution in [1.29, 1.82) is 0 Å². The zero-order valence-electron chi connectivity index (χ0n) is 14.0. The topological polar surface area (TPSA) is 75.4 Å². The third kappa shape index (κ3) is 2.97. The molecule has 0 fully saturated rings. The minimum absolute atomic E-state index is 0.405. The van der Waals surface area contributed by atoms with Crippen molar-refractivity contribution in [3.05, 3.63) is 53.1 Å². The number of hydrogen-bond donors (Lipinski definition) is 2. The lowest BCUT2D eigenvalue weighted by Crippen LogP contribution is -2.10. The monoisotopic (exact) mass is 324 g/mol. The maximum absolute atomic E-state index is 11.4. The SMILES string of the molecule is CCC(C(=O)O)c1cc(C)c2nc(Nc3ccccc3C)oc2c1. The van der Waals surface area contributed by atoms with Gasteiger partial charge in [-0.25, -0.2) is 0 Å². The van der Waals surface area contributed by atoms with Crippen molar-refractivity contribution in [2.75, 3.05) is 5.32 Å². The Morgan fingerprint density at radius 1 is 1.25 bits per heavy atom. The van der Waals surface area contributed by atoms with Gasteiger partial charge in [-0.05, 0) is 49.1 Å². The fourth-order valence-electron chi connectivity index (χ4n) is 2.86. The largest absolute Gasteiger partial charge is 0.481 e. The van der Waals surface area contributed by atoms with Gasteiger partial charge >= 0.3 is 5.97 Å². The first-order valence-corrected chi connectivity index (χ1v) is 7.96. The highest BCUT2D eigenvalue weighted by Gasteiger charge is 2.20. The van der Waals surface area contributed by atoms with Crippen LogP contribution in [0.15, 0.2) is 40.8 Å². The number of aliphatic carboxylic acids is 1. The first-order chi connectivity index (χ1) is 11.5. The average Bonchev–Trinajstić information content (AvgIpc) is 2.93. The number of nitrogens with one attached hydrogen (secondary N) is 1. The molecule has 1 atom stereocenters. The number of rotatable bonds is 5. The Morgan fingerprint density at radius 2 is 2.00 bits per heavy atom. The van der Waals surface area contributed by atoms with Crippen LogP contribution < -0.4 is 5.32 Å². The molecule has 0 saturated heterocycles. The zero-order valence-corrected chi connectivity index (χ0v) is 14.0. The zero-order chi connectivity index (χ0) is 17.3. The summed E-state index contributed by atoms with van der Waals surface area (Å²) in [7, 11) is 0. The fraction of sp³-hybridized carbons (Fsp3) is 0.263. The van der Waals surface area contributed by atoms with Gasteiger partial charge in [-0.1, -0.05) is 31.2 Å². The van der Waals surface area contributed by atoms with Crippen molar-refractivity contribution in [2.45, 2.75) is 33.1 Å². The molecule has 124 valence electrons. The number of para-hydroxylation sites is 1. The van der Waals surface area contributed by atoms with Crippen LogP contribution in [0.5, 0.6) is 0 Å². The predicted octanol–water partition coefficient (Wildman–Crippen LogP) is 4.77. The van der Waals surface area contributed by atoms with E-state index in [2.05, 4.69) is 10.3 Å². The molecule has 3 rings (SSSR count). The number of benzene rings is 2. The summed E-state index contributed by atoms with van der Waals surface area (Å²) in [6.45, 7) is 5.79. The lowest BCUT2D eigenvalue weighted by molar-refractivity contribution is -0.138. The first-order valence-electron chi connectivity index (χ1n) is 7.96. The molecule has 0 radical (unpaired) electrons. The molecule has 5 heteroatoms. The van der Waals surface area contributed by atoms with E-state index in [1.165, 1.54) is 0 Å². The molecule has 0 aliphatic heterocycles. The van der Waals surface area contributed by atoms with Gasteiger partial charge < -0.3 is 14.8 Å². The standard InChI is InChI=1S/C19H20N2O3/c1-4-14(18(22)23)13-9-12(3)17-16(10-13)24-19(21-17)20-15-8-6-5-7-11(15)2/h5-10,14H,4H2,1-3H3,(H,20,21)(H,22,23). The van der Waals surface area contributed by atoms with Crippen LogP contribution in [0.1, 0.15) is 36.0 Å². The summed E-state index contributed by atoms with van der Waals surface area (Å²) in [6.07, 6.45) is 0.530. The van der Waals surface area contributed by atoms with Crippen molar-refractivity contribution in [2.24, 2.45) is 0 Å². The van der Waals surface area contributed by atoms with Gasteiger partial charge in [0.2, 0.25) is 0 Å². The Bertz CT molecular complexity index is 899. The van der Waals surface area contributed by atoms with Crippen LogP contribution in [0.3, 0.4) is 0 Å². The van der Waals surface area contributed by atoms with E-state index < -0.39 is 11.9 Å². The molecule has 0 spiro atoms. The molecule has 2 aromatic carbocycles. The highest BCUT2D eigenvalue weighted by molar-refractivity contribution is 5.83. The number of carboxylic acid groups (broad SMARTS) is 1. The fourth-order valence-corrected chi connectivity index (χ4v) is 2.86. The molecule has 3 aromatic rings. The second kappa shape index (κ2) is 6.35. The Hall–Kier alpha value is -2.82. The second-order valence-corrected chi connectivity index (χ2v) is 5.94. The minimum atomic E-state index is -0.825. The number of aromatic nitrogens is 1. The van der Waals surface area contributed by atoms with E-state index in [-0.39, 0.29) is 0 Å². The summed E-state index contributed by atoms with van der Waals surface area (Å²) >= 11 is 0. The summed E-state index contributed by atoms with van der Waals surface area (Å²) in [5.41, 5.74) is 5.02. The summed E-state index contributed by atoms with van der Waals surface area (Å²) in [6, 6.07) is 11.9. The third-order valence-electron chi connectivity index (χ3n) is 4.20. The summed E-state index contributed by atoms with van der Waals surface area (Å²) in [4.78, 5) is 15.9. The molecule has 1 heterocycles. The quantitative estimate of drug-likeness (QED) is 0.707. The molecule has 24 heavy (non-hydrogen) atoms. The Morgan fingerprint density at radius 3 is 2.67 bits per heavy atom. The normalized spacial score (nSPS) is 12.3. The van der Waals surface area contributed by atoms with Gasteiger partial charge in [-0.3, -0.25) is 4.79 Å². The summed E-state index contributed by atoms with van der Waals surface area (Å²) in [5.74, 6) is -1.36. The molecule has 5 nitrogen and oxygen atoms in total. The number of nitrogens with zero attached hydrogens (tertiary/aromatic N) is 1. The first kappa shape index (κ1) is 16.1. The van der Waals surface area contributed by atoms with E-state index in [1.54, 1.807) is 6.07 Å². The highest BCUT2D eigenvalue weighted by atomic mass is 16.4. The van der Waals surface area contributed by atoms with Crippen LogP contribution in [0.2, 0.25) is 0 Å². The smallest absolute Gasteiger partial charge is 0.310 e. The van der Waals surface area contributed by atoms with Crippen molar-refractivity contribution < 1.29 is 14.3 Å². The Kier molecular flexibility index (Phi) is 4.25. The van der Waals surface area contributed by atoms with E-state index in [0.717, 1.165) is 27.9 Å².